The SMILES string of the molecule is COc1ccc2[nH]cc(CCNC(=O)CN3CCC(Cn4c(C(F)(F)F)nc5ccccc54)CC3)c2c1. The molecule has 1 amide bonds. The predicted molar refractivity (Wildman–Crippen MR) is 135 cm³/mol. The van der Waals surface area contributed by atoms with E-state index in [1.165, 1.54) is 4.57 Å². The van der Waals surface area contributed by atoms with E-state index in [0.717, 1.165) is 35.1 Å². The average Bonchev–Trinajstić information content (AvgIpc) is 3.46. The maximum atomic E-state index is 13.6. The van der Waals surface area contributed by atoms with Gasteiger partial charge in [0.15, 0.2) is 0 Å². The summed E-state index contributed by atoms with van der Waals surface area (Å²) in [5.74, 6) is -0.00601. The minimum atomic E-state index is -4.50. The first kappa shape index (κ1) is 25.1. The van der Waals surface area contributed by atoms with Gasteiger partial charge in [0, 0.05) is 30.2 Å². The van der Waals surface area contributed by atoms with E-state index in [1.807, 2.05) is 24.4 Å². The number of piperidine rings is 1. The van der Waals surface area contributed by atoms with Gasteiger partial charge in [-0.05, 0) is 74.2 Å². The first-order chi connectivity index (χ1) is 17.8. The Balaban J connectivity index is 1.11. The van der Waals surface area contributed by atoms with Gasteiger partial charge >= 0.3 is 6.18 Å². The lowest BCUT2D eigenvalue weighted by molar-refractivity contribution is -0.147. The number of likely N-dealkylation sites (tertiary alicyclic amines) is 1. The number of alkyl halides is 3. The second-order valence-corrected chi connectivity index (χ2v) is 9.58. The third-order valence-electron chi connectivity index (χ3n) is 7.11. The molecule has 2 N–H and O–H groups in total. The number of imidazole rings is 1. The fraction of sp³-hybridized carbons (Fsp3) is 0.407. The van der Waals surface area contributed by atoms with E-state index in [0.29, 0.717) is 37.1 Å². The fourth-order valence-corrected chi connectivity index (χ4v) is 5.15. The molecular formula is C27H30F3N5O2. The molecule has 0 saturated carbocycles. The largest absolute Gasteiger partial charge is 0.497 e. The summed E-state index contributed by atoms with van der Waals surface area (Å²) in [6.45, 7) is 2.43. The molecule has 7 nitrogen and oxygen atoms in total. The van der Waals surface area contributed by atoms with Gasteiger partial charge in [0.05, 0.1) is 24.7 Å². The summed E-state index contributed by atoms with van der Waals surface area (Å²) in [7, 11) is 1.63. The number of ether oxygens (including phenoxy) is 1. The van der Waals surface area contributed by atoms with Crippen molar-refractivity contribution in [3.05, 3.63) is 60.0 Å². The first-order valence-electron chi connectivity index (χ1n) is 12.5. The second kappa shape index (κ2) is 10.5. The van der Waals surface area contributed by atoms with Crippen molar-refractivity contribution >= 4 is 27.8 Å². The number of para-hydroxylation sites is 2. The highest BCUT2D eigenvalue weighted by molar-refractivity contribution is 5.85. The number of nitrogens with zero attached hydrogens (tertiary/aromatic N) is 3. The number of rotatable bonds is 8. The van der Waals surface area contributed by atoms with E-state index in [2.05, 4.69) is 20.2 Å². The Morgan fingerprint density at radius 2 is 1.97 bits per heavy atom. The third-order valence-corrected chi connectivity index (χ3v) is 7.11. The van der Waals surface area contributed by atoms with Crippen LogP contribution in [0.25, 0.3) is 21.9 Å². The van der Waals surface area contributed by atoms with Crippen molar-refractivity contribution in [2.24, 2.45) is 5.92 Å². The lowest BCUT2D eigenvalue weighted by atomic mass is 9.96. The lowest BCUT2D eigenvalue weighted by Crippen LogP contribution is -2.42. The molecule has 2 aromatic carbocycles. The molecule has 0 bridgehead atoms. The molecule has 0 radical (unpaired) electrons. The molecule has 0 unspecified atom stereocenters. The quantitative estimate of drug-likeness (QED) is 0.361. The molecule has 1 saturated heterocycles. The molecule has 3 heterocycles. The molecule has 4 aromatic rings. The second-order valence-electron chi connectivity index (χ2n) is 9.58. The van der Waals surface area contributed by atoms with Crippen LogP contribution in [-0.2, 0) is 23.9 Å². The van der Waals surface area contributed by atoms with Crippen LogP contribution in [-0.4, -0.2) is 58.6 Å². The summed E-state index contributed by atoms with van der Waals surface area (Å²) in [6.07, 6.45) is -0.394. The van der Waals surface area contributed by atoms with Crippen LogP contribution in [0, 0.1) is 5.92 Å². The molecule has 196 valence electrons. The molecule has 0 atom stereocenters. The van der Waals surface area contributed by atoms with Gasteiger partial charge in [-0.25, -0.2) is 4.98 Å². The predicted octanol–water partition coefficient (Wildman–Crippen LogP) is 4.62. The number of halogens is 3. The Hall–Kier alpha value is -3.53. The van der Waals surface area contributed by atoms with Gasteiger partial charge in [-0.15, -0.1) is 0 Å². The summed E-state index contributed by atoms with van der Waals surface area (Å²) in [5.41, 5.74) is 3.00. The number of amides is 1. The van der Waals surface area contributed by atoms with Crippen molar-refractivity contribution in [3.63, 3.8) is 0 Å². The zero-order valence-electron chi connectivity index (χ0n) is 20.6. The number of fused-ring (bicyclic) bond motifs is 2. The van der Waals surface area contributed by atoms with Crippen molar-refractivity contribution in [3.8, 4) is 5.75 Å². The number of aromatic amines is 1. The van der Waals surface area contributed by atoms with Crippen LogP contribution in [0.3, 0.4) is 0 Å². The normalized spacial score (nSPS) is 15.5. The lowest BCUT2D eigenvalue weighted by Gasteiger charge is -2.32. The van der Waals surface area contributed by atoms with Gasteiger partial charge in [0.25, 0.3) is 0 Å². The van der Waals surface area contributed by atoms with Gasteiger partial charge in [0.2, 0.25) is 11.7 Å². The number of aromatic nitrogens is 3. The highest BCUT2D eigenvalue weighted by Gasteiger charge is 2.38. The van der Waals surface area contributed by atoms with E-state index >= 15 is 0 Å². The smallest absolute Gasteiger partial charge is 0.449 e. The van der Waals surface area contributed by atoms with Crippen LogP contribution in [0.4, 0.5) is 13.2 Å². The van der Waals surface area contributed by atoms with E-state index in [-0.39, 0.29) is 24.9 Å². The number of hydrogen-bond acceptors (Lipinski definition) is 4. The standard InChI is InChI=1S/C27H30F3N5O2/c1-37-20-6-7-22-21(14-20)19(15-32-22)8-11-31-25(36)17-34-12-9-18(10-13-34)16-35-24-5-3-2-4-23(24)33-26(35)27(28,29)30/h2-7,14-15,18,32H,8-13,16-17H2,1H3,(H,31,36). The number of carbonyl (C=O) groups is 1. The maximum Gasteiger partial charge on any atom is 0.449 e. The fourth-order valence-electron chi connectivity index (χ4n) is 5.15. The van der Waals surface area contributed by atoms with Gasteiger partial charge in [-0.3, -0.25) is 9.69 Å². The minimum absolute atomic E-state index is 0.0455. The van der Waals surface area contributed by atoms with Crippen molar-refractivity contribution in [2.45, 2.75) is 32.0 Å². The molecular weight excluding hydrogens is 483 g/mol. The zero-order valence-corrected chi connectivity index (χ0v) is 20.6. The van der Waals surface area contributed by atoms with Gasteiger partial charge < -0.3 is 19.6 Å². The van der Waals surface area contributed by atoms with Crippen LogP contribution in [0.2, 0.25) is 0 Å². The van der Waals surface area contributed by atoms with Gasteiger partial charge in [-0.1, -0.05) is 12.1 Å². The zero-order chi connectivity index (χ0) is 26.0. The Morgan fingerprint density at radius 3 is 2.73 bits per heavy atom. The number of methoxy groups -OCH3 is 1. The van der Waals surface area contributed by atoms with Crippen molar-refractivity contribution in [2.75, 3.05) is 33.3 Å². The minimum Gasteiger partial charge on any atom is -0.497 e. The molecule has 37 heavy (non-hydrogen) atoms. The monoisotopic (exact) mass is 513 g/mol. The molecule has 2 aromatic heterocycles. The highest BCUT2D eigenvalue weighted by Crippen LogP contribution is 2.33. The number of H-pyrrole nitrogens is 1. The van der Waals surface area contributed by atoms with E-state index in [1.54, 1.807) is 31.4 Å². The molecule has 0 aliphatic carbocycles. The highest BCUT2D eigenvalue weighted by atomic mass is 19.4. The number of carbonyl (C=O) groups excluding carboxylic acids is 1. The van der Waals surface area contributed by atoms with E-state index in [9.17, 15) is 18.0 Å². The molecule has 0 spiro atoms. The van der Waals surface area contributed by atoms with Crippen LogP contribution in [0.1, 0.15) is 24.2 Å². The van der Waals surface area contributed by atoms with Crippen LogP contribution in [0.5, 0.6) is 5.75 Å². The van der Waals surface area contributed by atoms with Crippen LogP contribution in [0.15, 0.2) is 48.7 Å². The van der Waals surface area contributed by atoms with E-state index < -0.39 is 12.0 Å². The van der Waals surface area contributed by atoms with Crippen LogP contribution < -0.4 is 10.1 Å². The maximum absolute atomic E-state index is 13.6. The average molecular weight is 514 g/mol. The first-order valence-corrected chi connectivity index (χ1v) is 12.5. The van der Waals surface area contributed by atoms with E-state index in [4.69, 9.17) is 4.74 Å². The Labute approximate surface area is 212 Å². The summed E-state index contributed by atoms with van der Waals surface area (Å²) < 4.78 is 47.4. The van der Waals surface area contributed by atoms with Crippen LogP contribution >= 0.6 is 0 Å². The van der Waals surface area contributed by atoms with Crippen molar-refractivity contribution in [1.29, 1.82) is 0 Å². The van der Waals surface area contributed by atoms with Crippen molar-refractivity contribution in [1.82, 2.24) is 24.8 Å². The number of benzene rings is 2. The summed E-state index contributed by atoms with van der Waals surface area (Å²) in [6, 6.07) is 12.6. The Bertz CT molecular complexity index is 1390. The third kappa shape index (κ3) is 5.58. The molecule has 1 fully saturated rings. The number of hydrogen-bond donors (Lipinski definition) is 2. The Morgan fingerprint density at radius 1 is 1.19 bits per heavy atom. The summed E-state index contributed by atoms with van der Waals surface area (Å²) >= 11 is 0. The molecule has 10 heteroatoms. The molecule has 1 aliphatic rings. The molecule has 1 aliphatic heterocycles. The van der Waals surface area contributed by atoms with Crippen molar-refractivity contribution < 1.29 is 22.7 Å². The van der Waals surface area contributed by atoms with Gasteiger partial charge in [-0.2, -0.15) is 13.2 Å². The van der Waals surface area contributed by atoms with Gasteiger partial charge in [0.1, 0.15) is 5.75 Å². The summed E-state index contributed by atoms with van der Waals surface area (Å²) in [5, 5.41) is 4.07. The molecule has 5 rings (SSSR count). The topological polar surface area (TPSA) is 75.2 Å². The Kier molecular flexibility index (Phi) is 7.10. The number of nitrogens with one attached hydrogen (secondary N) is 2. The summed E-state index contributed by atoms with van der Waals surface area (Å²) in [4.78, 5) is 21.7.